The van der Waals surface area contributed by atoms with Crippen molar-refractivity contribution in [2.75, 3.05) is 7.11 Å². The van der Waals surface area contributed by atoms with E-state index in [0.29, 0.717) is 16.4 Å². The standard InChI is InChI=1S/C20H17N5O6S2/c1-11-12(2)32-20(21-11)24-18(15-5-4-6-16(19(26)27)17(15)31-3)22-23-25(24)13-7-9-14(10-8-13)33(28,29)30/h4-10H,1-3H3,(H-,26,27,28,29,30)/p+1. The van der Waals surface area contributed by atoms with Gasteiger partial charge < -0.3 is 9.84 Å². The van der Waals surface area contributed by atoms with E-state index in [1.165, 1.54) is 53.6 Å². The zero-order chi connectivity index (χ0) is 23.9. The molecule has 0 unspecified atom stereocenters. The highest BCUT2D eigenvalue weighted by Crippen LogP contribution is 2.31. The van der Waals surface area contributed by atoms with Gasteiger partial charge in [0.25, 0.3) is 10.1 Å². The number of thiazole rings is 1. The molecule has 0 aliphatic heterocycles. The zero-order valence-electron chi connectivity index (χ0n) is 17.6. The number of methoxy groups -OCH3 is 1. The minimum absolute atomic E-state index is 0.0416. The molecular weight excluding hydrogens is 470 g/mol. The lowest BCUT2D eigenvalue weighted by Gasteiger charge is -2.09. The van der Waals surface area contributed by atoms with E-state index in [-0.39, 0.29) is 22.0 Å². The number of rotatable bonds is 6. The van der Waals surface area contributed by atoms with E-state index in [1.807, 2.05) is 13.8 Å². The second kappa shape index (κ2) is 8.35. The topological polar surface area (TPSA) is 148 Å². The molecule has 0 bridgehead atoms. The molecule has 0 radical (unpaired) electrons. The number of aromatic carboxylic acids is 1. The Morgan fingerprint density at radius 3 is 2.39 bits per heavy atom. The summed E-state index contributed by atoms with van der Waals surface area (Å²) in [6.45, 7) is 3.77. The molecule has 11 nitrogen and oxygen atoms in total. The molecule has 2 aromatic heterocycles. The molecular formula is C20H18N5O6S2+. The maximum Gasteiger partial charge on any atom is 0.339 e. The number of ether oxygens (including phenoxy) is 1. The van der Waals surface area contributed by atoms with Gasteiger partial charge in [0.15, 0.2) is 0 Å². The summed E-state index contributed by atoms with van der Waals surface area (Å²) in [5.74, 6) is -0.783. The van der Waals surface area contributed by atoms with E-state index < -0.39 is 16.1 Å². The molecule has 0 saturated carbocycles. The van der Waals surface area contributed by atoms with Crippen LogP contribution in [0.15, 0.2) is 47.4 Å². The van der Waals surface area contributed by atoms with Crippen molar-refractivity contribution >= 4 is 27.4 Å². The fourth-order valence-electron chi connectivity index (χ4n) is 3.16. The molecule has 2 N–H and O–H groups in total. The Balaban J connectivity index is 1.99. The molecule has 0 atom stereocenters. The molecule has 0 saturated heterocycles. The summed E-state index contributed by atoms with van der Waals surface area (Å²) in [5, 5.41) is 18.5. The van der Waals surface area contributed by atoms with Crippen molar-refractivity contribution in [1.29, 1.82) is 0 Å². The molecule has 4 rings (SSSR count). The summed E-state index contributed by atoms with van der Waals surface area (Å²) in [5.41, 5.74) is 1.57. The van der Waals surface area contributed by atoms with Gasteiger partial charge in [-0.15, -0.1) is 4.98 Å². The molecule has 2 heterocycles. The number of carbonyl (C=O) groups is 1. The van der Waals surface area contributed by atoms with Gasteiger partial charge in [0.1, 0.15) is 27.9 Å². The maximum absolute atomic E-state index is 11.7. The first-order valence-corrected chi connectivity index (χ1v) is 11.7. The normalized spacial score (nSPS) is 11.5. The average Bonchev–Trinajstić information content (AvgIpc) is 3.35. The first kappa shape index (κ1) is 22.5. The lowest BCUT2D eigenvalue weighted by atomic mass is 10.1. The largest absolute Gasteiger partial charge is 0.495 e. The van der Waals surface area contributed by atoms with Crippen LogP contribution in [0.3, 0.4) is 0 Å². The van der Waals surface area contributed by atoms with Gasteiger partial charge in [-0.05, 0) is 55.0 Å². The summed E-state index contributed by atoms with van der Waals surface area (Å²) >= 11 is 1.38. The summed E-state index contributed by atoms with van der Waals surface area (Å²) in [7, 11) is -2.99. The van der Waals surface area contributed by atoms with Crippen LogP contribution in [0.5, 0.6) is 5.75 Å². The van der Waals surface area contributed by atoms with E-state index >= 15 is 0 Å². The Bertz CT molecular complexity index is 1460. The monoisotopic (exact) mass is 488 g/mol. The summed E-state index contributed by atoms with van der Waals surface area (Å²) in [6, 6.07) is 10.0. The van der Waals surface area contributed by atoms with Crippen LogP contribution in [0.4, 0.5) is 0 Å². The molecule has 33 heavy (non-hydrogen) atoms. The smallest absolute Gasteiger partial charge is 0.339 e. The molecule has 2 aromatic carbocycles. The van der Waals surface area contributed by atoms with Crippen LogP contribution in [-0.4, -0.2) is 51.2 Å². The number of hydrogen-bond donors (Lipinski definition) is 2. The van der Waals surface area contributed by atoms with E-state index in [4.69, 9.17) is 4.74 Å². The van der Waals surface area contributed by atoms with Gasteiger partial charge in [-0.3, -0.25) is 4.55 Å². The highest BCUT2D eigenvalue weighted by molar-refractivity contribution is 7.85. The van der Waals surface area contributed by atoms with Crippen LogP contribution in [-0.2, 0) is 10.1 Å². The lowest BCUT2D eigenvalue weighted by molar-refractivity contribution is -0.669. The Labute approximate surface area is 192 Å². The molecule has 0 fully saturated rings. The summed E-state index contributed by atoms with van der Waals surface area (Å²) in [4.78, 5) is 18.4. The summed E-state index contributed by atoms with van der Waals surface area (Å²) < 4.78 is 39.0. The van der Waals surface area contributed by atoms with Crippen LogP contribution >= 0.6 is 11.3 Å². The van der Waals surface area contributed by atoms with Crippen molar-refractivity contribution in [2.24, 2.45) is 0 Å². The number of para-hydroxylation sites is 1. The van der Waals surface area contributed by atoms with Crippen molar-refractivity contribution < 1.29 is 32.3 Å². The molecule has 4 aromatic rings. The van der Waals surface area contributed by atoms with Crippen LogP contribution < -0.4 is 9.42 Å². The highest BCUT2D eigenvalue weighted by atomic mass is 32.2. The average molecular weight is 489 g/mol. The van der Waals surface area contributed by atoms with Crippen LogP contribution in [0.2, 0.25) is 0 Å². The van der Waals surface area contributed by atoms with Crippen LogP contribution in [0.25, 0.3) is 22.2 Å². The van der Waals surface area contributed by atoms with Gasteiger partial charge in [-0.1, -0.05) is 22.1 Å². The van der Waals surface area contributed by atoms with Gasteiger partial charge in [-0.2, -0.15) is 8.42 Å². The van der Waals surface area contributed by atoms with E-state index in [0.717, 1.165) is 10.6 Å². The number of aromatic nitrogens is 5. The third-order valence-electron chi connectivity index (χ3n) is 4.87. The maximum atomic E-state index is 11.7. The van der Waals surface area contributed by atoms with Gasteiger partial charge in [0, 0.05) is 4.88 Å². The van der Waals surface area contributed by atoms with Crippen molar-refractivity contribution in [3.63, 3.8) is 0 Å². The molecule has 0 amide bonds. The van der Waals surface area contributed by atoms with Crippen molar-refractivity contribution in [1.82, 2.24) is 20.1 Å². The fraction of sp³-hybridized carbons (Fsp3) is 0.150. The number of nitrogens with zero attached hydrogens (tertiary/aromatic N) is 5. The third kappa shape index (κ3) is 4.08. The minimum atomic E-state index is -4.36. The Morgan fingerprint density at radius 1 is 1.15 bits per heavy atom. The Morgan fingerprint density at radius 2 is 1.85 bits per heavy atom. The predicted octanol–water partition coefficient (Wildman–Crippen LogP) is 2.24. The van der Waals surface area contributed by atoms with Crippen molar-refractivity contribution in [3.8, 4) is 28.0 Å². The zero-order valence-corrected chi connectivity index (χ0v) is 19.3. The number of tetrazole rings is 1. The molecule has 0 aliphatic carbocycles. The van der Waals surface area contributed by atoms with Gasteiger partial charge in [0.05, 0.1) is 22.7 Å². The molecule has 0 aliphatic rings. The number of carboxylic acid groups (broad SMARTS) is 1. The second-order valence-electron chi connectivity index (χ2n) is 6.91. The fourth-order valence-corrected chi connectivity index (χ4v) is 4.54. The SMILES string of the molecule is COc1c(C(=O)O)cccc1-c1nnn(-c2ccc(S(=O)(=O)O)cc2)[n+]1-c1nc(C)c(C)s1. The lowest BCUT2D eigenvalue weighted by Crippen LogP contribution is -2.42. The number of benzene rings is 2. The van der Waals surface area contributed by atoms with Crippen LogP contribution in [0.1, 0.15) is 20.9 Å². The Hall–Kier alpha value is -3.68. The van der Waals surface area contributed by atoms with Crippen molar-refractivity contribution in [2.45, 2.75) is 18.7 Å². The van der Waals surface area contributed by atoms with E-state index in [2.05, 4.69) is 15.3 Å². The molecule has 170 valence electrons. The first-order chi connectivity index (χ1) is 15.6. The molecule has 0 spiro atoms. The quantitative estimate of drug-likeness (QED) is 0.308. The van der Waals surface area contributed by atoms with E-state index in [9.17, 15) is 22.9 Å². The van der Waals surface area contributed by atoms with Gasteiger partial charge in [-0.25, -0.2) is 4.79 Å². The minimum Gasteiger partial charge on any atom is -0.495 e. The van der Waals surface area contributed by atoms with E-state index in [1.54, 1.807) is 16.8 Å². The number of carboxylic acids is 1. The highest BCUT2D eigenvalue weighted by Gasteiger charge is 2.30. The predicted molar refractivity (Wildman–Crippen MR) is 117 cm³/mol. The number of aryl methyl sites for hydroxylation is 2. The first-order valence-electron chi connectivity index (χ1n) is 9.43. The molecule has 13 heteroatoms. The Kier molecular flexibility index (Phi) is 5.69. The summed E-state index contributed by atoms with van der Waals surface area (Å²) in [6.07, 6.45) is 0. The second-order valence-corrected chi connectivity index (χ2v) is 9.52. The van der Waals surface area contributed by atoms with Gasteiger partial charge >= 0.3 is 16.9 Å². The van der Waals surface area contributed by atoms with Crippen molar-refractivity contribution in [3.05, 3.63) is 58.6 Å². The number of hydrogen-bond acceptors (Lipinski definition) is 8. The third-order valence-corrected chi connectivity index (χ3v) is 6.78. The van der Waals surface area contributed by atoms with Crippen LogP contribution in [0, 0.1) is 13.8 Å². The van der Waals surface area contributed by atoms with Gasteiger partial charge in [0.2, 0.25) is 0 Å².